The van der Waals surface area contributed by atoms with E-state index in [2.05, 4.69) is 17.9 Å². The van der Waals surface area contributed by atoms with Crippen molar-refractivity contribution in [3.05, 3.63) is 29.3 Å². The molecule has 0 unspecified atom stereocenters. The maximum atomic E-state index is 11.7. The predicted molar refractivity (Wildman–Crippen MR) is 82.6 cm³/mol. The summed E-state index contributed by atoms with van der Waals surface area (Å²) in [5.41, 5.74) is 1.83. The van der Waals surface area contributed by atoms with Crippen molar-refractivity contribution < 1.29 is 10.2 Å². The molecule has 2 bridgehead atoms. The molecular formula is C18H25NO2. The molecule has 0 spiro atoms. The van der Waals surface area contributed by atoms with Crippen LogP contribution in [0.15, 0.2) is 18.2 Å². The van der Waals surface area contributed by atoms with Crippen LogP contribution >= 0.6 is 0 Å². The van der Waals surface area contributed by atoms with Crippen molar-refractivity contribution in [3.63, 3.8) is 0 Å². The highest BCUT2D eigenvalue weighted by Gasteiger charge is 2.62. The Morgan fingerprint density at radius 2 is 2.05 bits per heavy atom. The molecule has 1 heterocycles. The predicted octanol–water partition coefficient (Wildman–Crippen LogP) is 2.59. The van der Waals surface area contributed by atoms with E-state index in [1.807, 2.05) is 6.07 Å². The summed E-state index contributed by atoms with van der Waals surface area (Å²) in [5.74, 6) is 0.340. The first-order valence-electron chi connectivity index (χ1n) is 8.39. The molecule has 2 N–H and O–H groups in total. The Bertz CT molecular complexity index is 572. The van der Waals surface area contributed by atoms with Crippen molar-refractivity contribution in [2.45, 2.75) is 62.5 Å². The Morgan fingerprint density at radius 3 is 2.86 bits per heavy atom. The molecule has 3 aliphatic rings. The van der Waals surface area contributed by atoms with E-state index in [0.29, 0.717) is 5.75 Å². The molecule has 0 radical (unpaired) electrons. The van der Waals surface area contributed by atoms with Crippen LogP contribution in [0.3, 0.4) is 0 Å². The van der Waals surface area contributed by atoms with Crippen LogP contribution in [-0.2, 0) is 11.8 Å². The van der Waals surface area contributed by atoms with Gasteiger partial charge in [-0.3, -0.25) is 4.90 Å². The second-order valence-corrected chi connectivity index (χ2v) is 7.15. The highest BCUT2D eigenvalue weighted by Crippen LogP contribution is 2.58. The quantitative estimate of drug-likeness (QED) is 0.834. The minimum atomic E-state index is -0.611. The Labute approximate surface area is 126 Å². The maximum Gasteiger partial charge on any atom is 0.115 e. The first-order chi connectivity index (χ1) is 10.1. The van der Waals surface area contributed by atoms with Gasteiger partial charge in [-0.1, -0.05) is 25.8 Å². The largest absolute Gasteiger partial charge is 0.508 e. The monoisotopic (exact) mass is 287 g/mol. The molecule has 114 valence electrons. The fraction of sp³-hybridized carbons (Fsp3) is 0.667. The molecule has 3 atom stereocenters. The van der Waals surface area contributed by atoms with Crippen molar-refractivity contribution in [1.82, 2.24) is 4.90 Å². The Morgan fingerprint density at radius 1 is 1.24 bits per heavy atom. The number of nitrogens with zero attached hydrogens (tertiary/aromatic N) is 1. The van der Waals surface area contributed by atoms with Crippen molar-refractivity contribution >= 4 is 0 Å². The summed E-state index contributed by atoms with van der Waals surface area (Å²) in [4.78, 5) is 2.47. The van der Waals surface area contributed by atoms with Crippen LogP contribution in [-0.4, -0.2) is 39.8 Å². The van der Waals surface area contributed by atoms with Gasteiger partial charge in [-0.15, -0.1) is 0 Å². The van der Waals surface area contributed by atoms with Crippen LogP contribution in [0.4, 0.5) is 0 Å². The van der Waals surface area contributed by atoms with Crippen LogP contribution in [0.2, 0.25) is 0 Å². The topological polar surface area (TPSA) is 43.7 Å². The lowest BCUT2D eigenvalue weighted by Gasteiger charge is -2.63. The summed E-state index contributed by atoms with van der Waals surface area (Å²) in [6, 6.07) is 6.05. The summed E-state index contributed by atoms with van der Waals surface area (Å²) >= 11 is 0. The number of fused-ring (bicyclic) bond motifs is 1. The van der Waals surface area contributed by atoms with Crippen LogP contribution in [0, 0.1) is 0 Å². The number of likely N-dealkylation sites (N-methyl/N-ethyl adjacent to an activating group) is 1. The van der Waals surface area contributed by atoms with Gasteiger partial charge in [0.25, 0.3) is 0 Å². The van der Waals surface area contributed by atoms with Gasteiger partial charge < -0.3 is 10.2 Å². The molecule has 2 fully saturated rings. The third-order valence-corrected chi connectivity index (χ3v) is 6.49. The minimum Gasteiger partial charge on any atom is -0.508 e. The fourth-order valence-electron chi connectivity index (χ4n) is 5.47. The average molecular weight is 287 g/mol. The second-order valence-electron chi connectivity index (χ2n) is 7.15. The standard InChI is InChI=1S/C18H25NO2/c1-2-19-10-9-17-7-3-4-8-18(17,21)16(19)11-13-5-6-14(20)12-15(13)17/h5-6,12,16,20-21H,2-4,7-11H2,1H3/t16-,17+,18-/m1/s1. The van der Waals surface area contributed by atoms with E-state index in [0.717, 1.165) is 45.2 Å². The van der Waals surface area contributed by atoms with Crippen LogP contribution < -0.4 is 0 Å². The summed E-state index contributed by atoms with van der Waals surface area (Å²) in [7, 11) is 0. The number of benzene rings is 1. The second kappa shape index (κ2) is 4.47. The van der Waals surface area contributed by atoms with Gasteiger partial charge in [-0.2, -0.15) is 0 Å². The van der Waals surface area contributed by atoms with Crippen LogP contribution in [0.25, 0.3) is 0 Å². The maximum absolute atomic E-state index is 11.7. The first kappa shape index (κ1) is 13.6. The van der Waals surface area contributed by atoms with E-state index in [9.17, 15) is 10.2 Å². The summed E-state index contributed by atoms with van der Waals surface area (Å²) in [6.45, 7) is 4.28. The van der Waals surface area contributed by atoms with Gasteiger partial charge in [0.15, 0.2) is 0 Å². The van der Waals surface area contributed by atoms with Gasteiger partial charge in [-0.25, -0.2) is 0 Å². The zero-order chi connectivity index (χ0) is 14.7. The van der Waals surface area contributed by atoms with Gasteiger partial charge in [-0.05, 0) is 62.0 Å². The molecule has 1 aromatic carbocycles. The number of phenolic OH excluding ortho intramolecular Hbond substituents is 1. The van der Waals surface area contributed by atoms with Crippen molar-refractivity contribution in [2.24, 2.45) is 0 Å². The molecule has 0 aromatic heterocycles. The molecule has 0 amide bonds. The number of hydrogen-bond acceptors (Lipinski definition) is 3. The molecule has 3 heteroatoms. The van der Waals surface area contributed by atoms with Gasteiger partial charge in [0.05, 0.1) is 5.60 Å². The lowest BCUT2D eigenvalue weighted by molar-refractivity contribution is -0.165. The van der Waals surface area contributed by atoms with E-state index in [-0.39, 0.29) is 11.5 Å². The van der Waals surface area contributed by atoms with Gasteiger partial charge in [0.2, 0.25) is 0 Å². The number of phenols is 1. The molecule has 1 aromatic rings. The molecule has 3 nitrogen and oxygen atoms in total. The summed E-state index contributed by atoms with van der Waals surface area (Å²) in [6.07, 6.45) is 6.22. The minimum absolute atomic E-state index is 0.131. The number of aliphatic hydroxyl groups is 1. The first-order valence-corrected chi connectivity index (χ1v) is 8.39. The Balaban J connectivity index is 1.93. The molecule has 1 aliphatic heterocycles. The number of likely N-dealkylation sites (tertiary alicyclic amines) is 1. The lowest BCUT2D eigenvalue weighted by atomic mass is 9.49. The number of rotatable bonds is 1. The zero-order valence-electron chi connectivity index (χ0n) is 12.8. The summed E-state index contributed by atoms with van der Waals surface area (Å²) < 4.78 is 0. The molecule has 21 heavy (non-hydrogen) atoms. The fourth-order valence-corrected chi connectivity index (χ4v) is 5.47. The van der Waals surface area contributed by atoms with Crippen molar-refractivity contribution in [2.75, 3.05) is 13.1 Å². The molecule has 2 aliphatic carbocycles. The third-order valence-electron chi connectivity index (χ3n) is 6.49. The number of hydrogen-bond donors (Lipinski definition) is 2. The lowest BCUT2D eigenvalue weighted by Crippen LogP contribution is -2.72. The average Bonchev–Trinajstić information content (AvgIpc) is 2.48. The highest BCUT2D eigenvalue weighted by atomic mass is 16.3. The molecule has 4 rings (SSSR count). The van der Waals surface area contributed by atoms with Gasteiger partial charge in [0.1, 0.15) is 5.75 Å². The van der Waals surface area contributed by atoms with E-state index in [1.54, 1.807) is 6.07 Å². The number of aromatic hydroxyl groups is 1. The van der Waals surface area contributed by atoms with Gasteiger partial charge in [0, 0.05) is 11.5 Å². The Kier molecular flexibility index (Phi) is 2.89. The summed E-state index contributed by atoms with van der Waals surface area (Å²) in [5, 5.41) is 21.6. The number of piperidine rings is 1. The van der Waals surface area contributed by atoms with E-state index in [4.69, 9.17) is 0 Å². The van der Waals surface area contributed by atoms with Crippen LogP contribution in [0.5, 0.6) is 5.75 Å². The van der Waals surface area contributed by atoms with E-state index >= 15 is 0 Å². The molecule has 1 saturated carbocycles. The van der Waals surface area contributed by atoms with Gasteiger partial charge >= 0.3 is 0 Å². The SMILES string of the molecule is CCN1CC[C@]23CCCC[C@@]2(O)[C@H]1Cc1ccc(O)cc13. The van der Waals surface area contributed by atoms with E-state index in [1.165, 1.54) is 17.5 Å². The third kappa shape index (κ3) is 1.62. The Hall–Kier alpha value is -1.06. The molecular weight excluding hydrogens is 262 g/mol. The highest BCUT2D eigenvalue weighted by molar-refractivity contribution is 5.48. The molecule has 1 saturated heterocycles. The smallest absolute Gasteiger partial charge is 0.115 e. The normalized spacial score (nSPS) is 38.7. The van der Waals surface area contributed by atoms with Crippen LogP contribution in [0.1, 0.15) is 50.2 Å². The zero-order valence-corrected chi connectivity index (χ0v) is 12.8. The van der Waals surface area contributed by atoms with Crippen molar-refractivity contribution in [1.29, 1.82) is 0 Å². The van der Waals surface area contributed by atoms with E-state index < -0.39 is 5.60 Å². The van der Waals surface area contributed by atoms with Crippen molar-refractivity contribution in [3.8, 4) is 5.75 Å².